The van der Waals surface area contributed by atoms with Crippen molar-refractivity contribution in [3.05, 3.63) is 48.4 Å². The fraction of sp³-hybridized carbons (Fsp3) is 0.333. The van der Waals surface area contributed by atoms with Crippen LogP contribution in [-0.2, 0) is 4.79 Å². The Hall–Kier alpha value is -3.24. The summed E-state index contributed by atoms with van der Waals surface area (Å²) in [6.45, 7) is 0. The molecule has 0 radical (unpaired) electrons. The van der Waals surface area contributed by atoms with Gasteiger partial charge in [0.05, 0.1) is 5.69 Å². The van der Waals surface area contributed by atoms with Crippen molar-refractivity contribution >= 4 is 17.4 Å². The molecule has 2 aromatic heterocycles. The Kier molecular flexibility index (Phi) is 5.51. The van der Waals surface area contributed by atoms with E-state index in [-0.39, 0.29) is 35.6 Å². The maximum atomic E-state index is 13.9. The third kappa shape index (κ3) is 4.81. The molecule has 1 N–H and O–H groups in total. The van der Waals surface area contributed by atoms with Gasteiger partial charge in [-0.3, -0.25) is 9.20 Å². The Bertz CT molecular complexity index is 1150. The van der Waals surface area contributed by atoms with Crippen LogP contribution in [0.25, 0.3) is 16.9 Å². The molecule has 1 amide bonds. The number of hydrogen-bond acceptors (Lipinski definition) is 3. The number of carbonyl (C=O) groups is 1. The second-order valence-electron chi connectivity index (χ2n) is 7.58. The minimum atomic E-state index is -4.91. The van der Waals surface area contributed by atoms with E-state index in [9.17, 15) is 31.1 Å². The number of fused-ring (bicyclic) bond motifs is 1. The number of imidazole rings is 1. The molecule has 11 heteroatoms. The van der Waals surface area contributed by atoms with Crippen molar-refractivity contribution in [2.75, 3.05) is 5.32 Å². The van der Waals surface area contributed by atoms with E-state index in [2.05, 4.69) is 15.0 Å². The first kappa shape index (κ1) is 22.0. The smallest absolute Gasteiger partial charge is 0.406 e. The van der Waals surface area contributed by atoms with Crippen molar-refractivity contribution in [3.63, 3.8) is 0 Å². The van der Waals surface area contributed by atoms with Crippen LogP contribution in [0.2, 0.25) is 0 Å². The Morgan fingerprint density at radius 2 is 1.88 bits per heavy atom. The number of nitrogens with one attached hydrogen (secondary N) is 1. The van der Waals surface area contributed by atoms with Crippen LogP contribution in [0.4, 0.5) is 32.2 Å². The Morgan fingerprint density at radius 3 is 2.56 bits per heavy atom. The highest BCUT2D eigenvalue weighted by atomic mass is 19.4. The fourth-order valence-corrected chi connectivity index (χ4v) is 3.74. The van der Waals surface area contributed by atoms with Crippen molar-refractivity contribution in [1.82, 2.24) is 9.38 Å². The summed E-state index contributed by atoms with van der Waals surface area (Å²) in [4.78, 5) is 17.0. The number of ether oxygens (including phenoxy) is 1. The largest absolute Gasteiger partial charge is 0.573 e. The molecule has 2 heterocycles. The van der Waals surface area contributed by atoms with Gasteiger partial charge >= 0.3 is 6.36 Å². The maximum Gasteiger partial charge on any atom is 0.573 e. The Labute approximate surface area is 178 Å². The van der Waals surface area contributed by atoms with Crippen LogP contribution in [0.3, 0.4) is 0 Å². The van der Waals surface area contributed by atoms with Gasteiger partial charge in [0.2, 0.25) is 11.8 Å². The molecule has 0 spiro atoms. The molecular formula is C21H17F6N3O2. The molecule has 170 valence electrons. The number of halogens is 6. The standard InChI is InChI=1S/C21H17F6N3O2/c22-14-4-5-16-28-18(29-19(31)12-6-8-20(23,24)9-7-12)17(30(16)11-14)13-2-1-3-15(10-13)32-21(25,26)27/h1-5,10-12H,6-9H2,(H,29,31). The van der Waals surface area contributed by atoms with Crippen LogP contribution >= 0.6 is 0 Å². The lowest BCUT2D eigenvalue weighted by Crippen LogP contribution is -2.32. The minimum absolute atomic E-state index is 0.00886. The first-order valence-electron chi connectivity index (χ1n) is 9.73. The predicted octanol–water partition coefficient (Wildman–Crippen LogP) is 5.80. The first-order chi connectivity index (χ1) is 15.0. The predicted molar refractivity (Wildman–Crippen MR) is 103 cm³/mol. The fourth-order valence-electron chi connectivity index (χ4n) is 3.74. The molecule has 0 saturated heterocycles. The molecule has 1 aliphatic rings. The summed E-state index contributed by atoms with van der Waals surface area (Å²) in [6, 6.07) is 7.42. The molecule has 4 rings (SSSR count). The van der Waals surface area contributed by atoms with Crippen LogP contribution in [0.5, 0.6) is 5.75 Å². The number of pyridine rings is 1. The van der Waals surface area contributed by atoms with Crippen LogP contribution in [0.1, 0.15) is 25.7 Å². The summed E-state index contributed by atoms with van der Waals surface area (Å²) in [5, 5.41) is 2.58. The number of nitrogens with zero attached hydrogens (tertiary/aromatic N) is 2. The minimum Gasteiger partial charge on any atom is -0.406 e. The topological polar surface area (TPSA) is 55.6 Å². The van der Waals surface area contributed by atoms with Crippen molar-refractivity contribution < 1.29 is 35.9 Å². The summed E-state index contributed by atoms with van der Waals surface area (Å²) < 4.78 is 83.8. The van der Waals surface area contributed by atoms with Gasteiger partial charge in [-0.1, -0.05) is 12.1 Å². The average molecular weight is 457 g/mol. The number of anilines is 1. The lowest BCUT2D eigenvalue weighted by molar-refractivity contribution is -0.274. The zero-order valence-corrected chi connectivity index (χ0v) is 16.4. The summed E-state index contributed by atoms with van der Waals surface area (Å²) in [5.74, 6) is -5.17. The van der Waals surface area contributed by atoms with E-state index in [1.807, 2.05) is 0 Å². The van der Waals surface area contributed by atoms with Gasteiger partial charge < -0.3 is 10.1 Å². The quantitative estimate of drug-likeness (QED) is 0.504. The monoisotopic (exact) mass is 457 g/mol. The normalized spacial score (nSPS) is 16.8. The molecule has 1 saturated carbocycles. The SMILES string of the molecule is O=C(Nc1nc2ccc(F)cn2c1-c1cccc(OC(F)(F)F)c1)C1CCC(F)(F)CC1. The lowest BCUT2D eigenvalue weighted by Gasteiger charge is -2.27. The van der Waals surface area contributed by atoms with Crippen molar-refractivity contribution in [2.45, 2.75) is 38.0 Å². The summed E-state index contributed by atoms with van der Waals surface area (Å²) in [6.07, 6.45) is -4.68. The zero-order chi connectivity index (χ0) is 23.1. The number of amides is 1. The Morgan fingerprint density at radius 1 is 1.16 bits per heavy atom. The van der Waals surface area contributed by atoms with Crippen LogP contribution < -0.4 is 10.1 Å². The molecule has 1 aromatic carbocycles. The first-order valence-corrected chi connectivity index (χ1v) is 9.73. The molecule has 1 aliphatic carbocycles. The van der Waals surface area contributed by atoms with E-state index in [0.717, 1.165) is 24.4 Å². The number of hydrogen-bond donors (Lipinski definition) is 1. The van der Waals surface area contributed by atoms with Gasteiger partial charge in [-0.05, 0) is 37.1 Å². The summed E-state index contributed by atoms with van der Waals surface area (Å²) in [5.41, 5.74) is 0.533. The van der Waals surface area contributed by atoms with Crippen molar-refractivity contribution in [2.24, 2.45) is 5.92 Å². The second kappa shape index (κ2) is 8.03. The van der Waals surface area contributed by atoms with Gasteiger partial charge in [0, 0.05) is 30.5 Å². The molecule has 0 aliphatic heterocycles. The van der Waals surface area contributed by atoms with Crippen LogP contribution in [0.15, 0.2) is 42.6 Å². The third-order valence-electron chi connectivity index (χ3n) is 5.25. The van der Waals surface area contributed by atoms with E-state index in [1.165, 1.54) is 22.6 Å². The molecule has 0 bridgehead atoms. The molecule has 5 nitrogen and oxygen atoms in total. The van der Waals surface area contributed by atoms with E-state index < -0.39 is 48.5 Å². The molecule has 0 atom stereocenters. The third-order valence-corrected chi connectivity index (χ3v) is 5.25. The second-order valence-corrected chi connectivity index (χ2v) is 7.58. The average Bonchev–Trinajstić information content (AvgIpc) is 3.03. The van der Waals surface area contributed by atoms with E-state index >= 15 is 0 Å². The van der Waals surface area contributed by atoms with Crippen molar-refractivity contribution in [3.8, 4) is 17.0 Å². The van der Waals surface area contributed by atoms with E-state index in [0.29, 0.717) is 0 Å². The van der Waals surface area contributed by atoms with Gasteiger partial charge in [0.15, 0.2) is 5.82 Å². The molecular weight excluding hydrogens is 440 g/mol. The number of benzene rings is 1. The van der Waals surface area contributed by atoms with Gasteiger partial charge in [-0.15, -0.1) is 13.2 Å². The Balaban J connectivity index is 1.71. The summed E-state index contributed by atoms with van der Waals surface area (Å²) in [7, 11) is 0. The van der Waals surface area contributed by atoms with Gasteiger partial charge in [-0.25, -0.2) is 18.2 Å². The van der Waals surface area contributed by atoms with E-state index in [4.69, 9.17) is 0 Å². The van der Waals surface area contributed by atoms with Gasteiger partial charge in [0.25, 0.3) is 0 Å². The highest BCUT2D eigenvalue weighted by Crippen LogP contribution is 2.38. The summed E-state index contributed by atoms with van der Waals surface area (Å²) >= 11 is 0. The van der Waals surface area contributed by atoms with Crippen LogP contribution in [0, 0.1) is 11.7 Å². The van der Waals surface area contributed by atoms with Crippen LogP contribution in [-0.4, -0.2) is 27.6 Å². The van der Waals surface area contributed by atoms with Gasteiger partial charge in [-0.2, -0.15) is 0 Å². The molecule has 1 fully saturated rings. The van der Waals surface area contributed by atoms with Gasteiger partial charge in [0.1, 0.15) is 17.2 Å². The number of carbonyl (C=O) groups excluding carboxylic acids is 1. The lowest BCUT2D eigenvalue weighted by atomic mass is 9.86. The number of alkyl halides is 5. The molecule has 32 heavy (non-hydrogen) atoms. The highest BCUT2D eigenvalue weighted by Gasteiger charge is 2.38. The molecule has 0 unspecified atom stereocenters. The number of rotatable bonds is 4. The highest BCUT2D eigenvalue weighted by molar-refractivity contribution is 5.96. The van der Waals surface area contributed by atoms with E-state index in [1.54, 1.807) is 0 Å². The van der Waals surface area contributed by atoms with Crippen molar-refractivity contribution in [1.29, 1.82) is 0 Å². The maximum absolute atomic E-state index is 13.9. The zero-order valence-electron chi connectivity index (χ0n) is 16.4. The molecule has 3 aromatic rings. The number of aromatic nitrogens is 2.